The summed E-state index contributed by atoms with van der Waals surface area (Å²) < 4.78 is 16.4. The number of hydrogen-bond donors (Lipinski definition) is 1. The molecule has 180 valence electrons. The standard InChI is InChI=1S/C28H27NO6/c1-33-21-16-20(17-22(34-2)27(21)35-3)24-23(25(30)19-12-8-5-9-13-19)26(31)28(32)29(24)15-14-18-10-6-4-7-11-18/h4-13,16-17,24,30H,14-15H2,1-3H3. The summed E-state index contributed by atoms with van der Waals surface area (Å²) >= 11 is 0. The van der Waals surface area contributed by atoms with Gasteiger partial charge in [-0.2, -0.15) is 0 Å². The van der Waals surface area contributed by atoms with Crippen LogP contribution in [0.1, 0.15) is 22.7 Å². The van der Waals surface area contributed by atoms with Crippen molar-refractivity contribution in [3.05, 3.63) is 95.1 Å². The van der Waals surface area contributed by atoms with Gasteiger partial charge in [0.05, 0.1) is 32.9 Å². The minimum atomic E-state index is -0.840. The molecule has 1 unspecified atom stereocenters. The summed E-state index contributed by atoms with van der Waals surface area (Å²) in [5.41, 5.74) is 2.06. The fourth-order valence-corrected chi connectivity index (χ4v) is 4.36. The van der Waals surface area contributed by atoms with Crippen molar-refractivity contribution in [2.24, 2.45) is 0 Å². The van der Waals surface area contributed by atoms with Gasteiger partial charge in [-0.25, -0.2) is 0 Å². The van der Waals surface area contributed by atoms with Crippen LogP contribution >= 0.6 is 0 Å². The molecule has 0 aromatic heterocycles. The monoisotopic (exact) mass is 473 g/mol. The van der Waals surface area contributed by atoms with Gasteiger partial charge in [-0.05, 0) is 29.7 Å². The van der Waals surface area contributed by atoms with Crippen LogP contribution in [0.5, 0.6) is 17.2 Å². The highest BCUT2D eigenvalue weighted by atomic mass is 16.5. The van der Waals surface area contributed by atoms with Crippen LogP contribution in [0.2, 0.25) is 0 Å². The highest BCUT2D eigenvalue weighted by Crippen LogP contribution is 2.45. The molecule has 1 fully saturated rings. The Morgan fingerprint density at radius 3 is 1.97 bits per heavy atom. The van der Waals surface area contributed by atoms with Gasteiger partial charge < -0.3 is 24.2 Å². The van der Waals surface area contributed by atoms with Crippen molar-refractivity contribution in [1.29, 1.82) is 0 Å². The van der Waals surface area contributed by atoms with Crippen molar-refractivity contribution in [1.82, 2.24) is 4.90 Å². The van der Waals surface area contributed by atoms with Gasteiger partial charge in [0.15, 0.2) is 11.5 Å². The number of ketones is 1. The van der Waals surface area contributed by atoms with E-state index in [-0.39, 0.29) is 17.9 Å². The number of likely N-dealkylation sites (tertiary alicyclic amines) is 1. The molecular weight excluding hydrogens is 446 g/mol. The Labute approximate surface area is 204 Å². The summed E-state index contributed by atoms with van der Waals surface area (Å²) in [6.07, 6.45) is 0.542. The first kappa shape index (κ1) is 23.9. The zero-order chi connectivity index (χ0) is 24.9. The van der Waals surface area contributed by atoms with E-state index >= 15 is 0 Å². The van der Waals surface area contributed by atoms with E-state index in [1.54, 1.807) is 36.4 Å². The summed E-state index contributed by atoms with van der Waals surface area (Å²) in [5.74, 6) is -0.478. The number of carbonyl (C=O) groups is 2. The third-order valence-electron chi connectivity index (χ3n) is 6.07. The van der Waals surface area contributed by atoms with Gasteiger partial charge in [-0.15, -0.1) is 0 Å². The van der Waals surface area contributed by atoms with Crippen LogP contribution in [-0.2, 0) is 16.0 Å². The number of rotatable bonds is 8. The van der Waals surface area contributed by atoms with Crippen LogP contribution in [0.15, 0.2) is 78.4 Å². The molecule has 1 N–H and O–H groups in total. The van der Waals surface area contributed by atoms with Crippen LogP contribution in [0.4, 0.5) is 0 Å². The van der Waals surface area contributed by atoms with E-state index in [2.05, 4.69) is 0 Å². The Bertz CT molecular complexity index is 1230. The molecule has 1 heterocycles. The molecule has 1 aliphatic heterocycles. The van der Waals surface area contributed by atoms with E-state index < -0.39 is 17.7 Å². The molecule has 0 spiro atoms. The van der Waals surface area contributed by atoms with Crippen LogP contribution in [0.3, 0.4) is 0 Å². The summed E-state index contributed by atoms with van der Waals surface area (Å²) in [6, 6.07) is 21.0. The van der Waals surface area contributed by atoms with Crippen LogP contribution < -0.4 is 14.2 Å². The second-order valence-corrected chi connectivity index (χ2v) is 8.05. The lowest BCUT2D eigenvalue weighted by Crippen LogP contribution is -2.31. The van der Waals surface area contributed by atoms with Gasteiger partial charge in [0.25, 0.3) is 11.7 Å². The Hall–Kier alpha value is -4.26. The summed E-state index contributed by atoms with van der Waals surface area (Å²) in [6.45, 7) is 0.279. The Balaban J connectivity index is 1.87. The lowest BCUT2D eigenvalue weighted by atomic mass is 9.94. The number of Topliss-reactive ketones (excluding diaryl/α,β-unsaturated/α-hetero) is 1. The van der Waals surface area contributed by atoms with E-state index in [1.165, 1.54) is 26.2 Å². The number of methoxy groups -OCH3 is 3. The summed E-state index contributed by atoms with van der Waals surface area (Å²) in [4.78, 5) is 28.0. The van der Waals surface area contributed by atoms with Crippen molar-refractivity contribution in [3.8, 4) is 17.2 Å². The minimum Gasteiger partial charge on any atom is -0.507 e. The quantitative estimate of drug-likeness (QED) is 0.297. The molecule has 0 saturated carbocycles. The highest BCUT2D eigenvalue weighted by molar-refractivity contribution is 6.46. The number of nitrogens with zero attached hydrogens (tertiary/aromatic N) is 1. The third kappa shape index (κ3) is 4.57. The number of benzene rings is 3. The van der Waals surface area contributed by atoms with Crippen LogP contribution in [0.25, 0.3) is 5.76 Å². The number of hydrogen-bond acceptors (Lipinski definition) is 6. The molecule has 7 heteroatoms. The first-order valence-corrected chi connectivity index (χ1v) is 11.2. The Kier molecular flexibility index (Phi) is 7.06. The summed E-state index contributed by atoms with van der Waals surface area (Å²) in [5, 5.41) is 11.2. The molecule has 1 saturated heterocycles. The maximum atomic E-state index is 13.3. The molecule has 0 radical (unpaired) electrons. The van der Waals surface area contributed by atoms with Crippen molar-refractivity contribution >= 4 is 17.4 Å². The smallest absolute Gasteiger partial charge is 0.295 e. The van der Waals surface area contributed by atoms with Gasteiger partial charge in [0.1, 0.15) is 5.76 Å². The van der Waals surface area contributed by atoms with Crippen molar-refractivity contribution in [2.75, 3.05) is 27.9 Å². The molecule has 1 atom stereocenters. The largest absolute Gasteiger partial charge is 0.507 e. The van der Waals surface area contributed by atoms with E-state index in [1.807, 2.05) is 36.4 Å². The molecule has 0 aliphatic carbocycles. The first-order valence-electron chi connectivity index (χ1n) is 11.2. The predicted molar refractivity (Wildman–Crippen MR) is 132 cm³/mol. The van der Waals surface area contributed by atoms with Crippen molar-refractivity contribution in [2.45, 2.75) is 12.5 Å². The molecular formula is C28H27NO6. The van der Waals surface area contributed by atoms with Crippen LogP contribution in [0, 0.1) is 0 Å². The number of carbonyl (C=O) groups excluding carboxylic acids is 2. The second-order valence-electron chi connectivity index (χ2n) is 8.05. The van der Waals surface area contributed by atoms with Gasteiger partial charge in [-0.1, -0.05) is 60.7 Å². The van der Waals surface area contributed by atoms with Gasteiger partial charge in [0, 0.05) is 12.1 Å². The SMILES string of the molecule is COc1cc(C2C(=C(O)c3ccccc3)C(=O)C(=O)N2CCc2ccccc2)cc(OC)c1OC. The normalized spacial score (nSPS) is 16.9. The van der Waals surface area contributed by atoms with Crippen molar-refractivity contribution in [3.63, 3.8) is 0 Å². The van der Waals surface area contributed by atoms with Crippen molar-refractivity contribution < 1.29 is 28.9 Å². The zero-order valence-corrected chi connectivity index (χ0v) is 19.9. The van der Waals surface area contributed by atoms with E-state index in [4.69, 9.17) is 14.2 Å². The molecule has 1 amide bonds. The van der Waals surface area contributed by atoms with E-state index in [0.717, 1.165) is 5.56 Å². The van der Waals surface area contributed by atoms with E-state index in [0.29, 0.717) is 34.8 Å². The second kappa shape index (κ2) is 10.3. The maximum Gasteiger partial charge on any atom is 0.295 e. The highest BCUT2D eigenvalue weighted by Gasteiger charge is 2.46. The molecule has 0 bridgehead atoms. The van der Waals surface area contributed by atoms with E-state index in [9.17, 15) is 14.7 Å². The molecule has 3 aromatic rings. The molecule has 7 nitrogen and oxygen atoms in total. The van der Waals surface area contributed by atoms with Gasteiger partial charge >= 0.3 is 0 Å². The third-order valence-corrected chi connectivity index (χ3v) is 6.07. The predicted octanol–water partition coefficient (Wildman–Crippen LogP) is 4.38. The number of aliphatic hydroxyl groups excluding tert-OH is 1. The van der Waals surface area contributed by atoms with Gasteiger partial charge in [0.2, 0.25) is 5.75 Å². The van der Waals surface area contributed by atoms with Crippen LogP contribution in [-0.4, -0.2) is 49.6 Å². The number of aliphatic hydroxyl groups is 1. The lowest BCUT2D eigenvalue weighted by Gasteiger charge is -2.26. The Morgan fingerprint density at radius 2 is 1.43 bits per heavy atom. The zero-order valence-electron chi connectivity index (χ0n) is 19.9. The minimum absolute atomic E-state index is 0.0172. The molecule has 35 heavy (non-hydrogen) atoms. The fourth-order valence-electron chi connectivity index (χ4n) is 4.36. The maximum absolute atomic E-state index is 13.3. The molecule has 4 rings (SSSR count). The molecule has 1 aliphatic rings. The lowest BCUT2D eigenvalue weighted by molar-refractivity contribution is -0.139. The average molecular weight is 474 g/mol. The molecule has 3 aromatic carbocycles. The fraction of sp³-hybridized carbons (Fsp3) is 0.214. The average Bonchev–Trinajstić information content (AvgIpc) is 3.16. The Morgan fingerprint density at radius 1 is 0.857 bits per heavy atom. The topological polar surface area (TPSA) is 85.3 Å². The number of amides is 1. The summed E-state index contributed by atoms with van der Waals surface area (Å²) in [7, 11) is 4.50. The number of ether oxygens (including phenoxy) is 3. The van der Waals surface area contributed by atoms with Gasteiger partial charge in [-0.3, -0.25) is 9.59 Å². The first-order chi connectivity index (χ1) is 17.0.